The maximum absolute atomic E-state index is 5.96. The average molecular weight is 518 g/mol. The third-order valence-corrected chi connectivity index (χ3v) is 5.30. The molecule has 0 aliphatic carbocycles. The van der Waals surface area contributed by atoms with Crippen molar-refractivity contribution < 1.29 is 9.47 Å². The molecular weight excluding hydrogens is 479 g/mol. The molecule has 0 aromatic heterocycles. The lowest BCUT2D eigenvalue weighted by Gasteiger charge is -2.34. The number of piperidine rings is 1. The van der Waals surface area contributed by atoms with E-state index in [-0.39, 0.29) is 24.0 Å². The second kappa shape index (κ2) is 14.8. The van der Waals surface area contributed by atoms with E-state index in [1.165, 1.54) is 11.3 Å². The molecule has 1 heterocycles. The molecule has 0 radical (unpaired) electrons. The molecule has 29 heavy (non-hydrogen) atoms. The Morgan fingerprint density at radius 1 is 1.24 bits per heavy atom. The number of benzene rings is 1. The fraction of sp³-hybridized carbons (Fsp3) is 0.682. The highest BCUT2D eigenvalue weighted by atomic mass is 127. The second-order valence-corrected chi connectivity index (χ2v) is 7.24. The van der Waals surface area contributed by atoms with Gasteiger partial charge in [0, 0.05) is 65.8 Å². The van der Waals surface area contributed by atoms with Gasteiger partial charge in [0.15, 0.2) is 5.96 Å². The van der Waals surface area contributed by atoms with Gasteiger partial charge < -0.3 is 24.6 Å². The summed E-state index contributed by atoms with van der Waals surface area (Å²) in [6.07, 6.45) is 3.44. The zero-order valence-corrected chi connectivity index (χ0v) is 20.9. The number of para-hydroxylation sites is 1. The highest BCUT2D eigenvalue weighted by Gasteiger charge is 2.21. The SMILES string of the molecule is CCN(CCNC(=NC)N1CCC(OCCCOC)CC1)c1ccccc1C.I. The maximum Gasteiger partial charge on any atom is 0.193 e. The van der Waals surface area contributed by atoms with Gasteiger partial charge in [0.05, 0.1) is 6.10 Å². The Labute approximate surface area is 194 Å². The summed E-state index contributed by atoms with van der Waals surface area (Å²) in [6.45, 7) is 10.8. The number of likely N-dealkylation sites (tertiary alicyclic amines) is 1. The minimum Gasteiger partial charge on any atom is -0.385 e. The molecule has 1 fully saturated rings. The molecule has 2 rings (SSSR count). The fourth-order valence-corrected chi connectivity index (χ4v) is 3.69. The van der Waals surface area contributed by atoms with Crippen molar-refractivity contribution in [3.63, 3.8) is 0 Å². The Balaban J connectivity index is 0.00000420. The van der Waals surface area contributed by atoms with E-state index in [1.54, 1.807) is 7.11 Å². The van der Waals surface area contributed by atoms with Crippen molar-refractivity contribution in [1.82, 2.24) is 10.2 Å². The van der Waals surface area contributed by atoms with Crippen molar-refractivity contribution in [2.24, 2.45) is 4.99 Å². The van der Waals surface area contributed by atoms with Crippen LogP contribution in [0.5, 0.6) is 0 Å². The predicted molar refractivity (Wildman–Crippen MR) is 133 cm³/mol. The lowest BCUT2D eigenvalue weighted by atomic mass is 10.1. The van der Waals surface area contributed by atoms with Gasteiger partial charge in [-0.2, -0.15) is 0 Å². The van der Waals surface area contributed by atoms with Gasteiger partial charge in [0.2, 0.25) is 0 Å². The van der Waals surface area contributed by atoms with Crippen LogP contribution in [-0.2, 0) is 9.47 Å². The maximum atomic E-state index is 5.96. The fourth-order valence-electron chi connectivity index (χ4n) is 3.69. The van der Waals surface area contributed by atoms with Gasteiger partial charge >= 0.3 is 0 Å². The summed E-state index contributed by atoms with van der Waals surface area (Å²) in [5.74, 6) is 0.999. The van der Waals surface area contributed by atoms with E-state index in [9.17, 15) is 0 Å². The largest absolute Gasteiger partial charge is 0.385 e. The summed E-state index contributed by atoms with van der Waals surface area (Å²) in [6, 6.07) is 8.58. The van der Waals surface area contributed by atoms with Crippen LogP contribution >= 0.6 is 24.0 Å². The van der Waals surface area contributed by atoms with Crippen LogP contribution in [0.3, 0.4) is 0 Å². The monoisotopic (exact) mass is 518 g/mol. The van der Waals surface area contributed by atoms with E-state index in [0.717, 1.165) is 71.2 Å². The van der Waals surface area contributed by atoms with Gasteiger partial charge in [0.1, 0.15) is 0 Å². The highest BCUT2D eigenvalue weighted by molar-refractivity contribution is 14.0. The average Bonchev–Trinajstić information content (AvgIpc) is 2.73. The summed E-state index contributed by atoms with van der Waals surface area (Å²) >= 11 is 0. The number of methoxy groups -OCH3 is 1. The number of hydrogen-bond donors (Lipinski definition) is 1. The quantitative estimate of drug-likeness (QED) is 0.222. The first-order valence-corrected chi connectivity index (χ1v) is 10.6. The van der Waals surface area contributed by atoms with Crippen molar-refractivity contribution in [3.8, 4) is 0 Å². The Kier molecular flexibility index (Phi) is 13.3. The molecule has 7 heteroatoms. The Morgan fingerprint density at radius 2 is 1.97 bits per heavy atom. The summed E-state index contributed by atoms with van der Waals surface area (Å²) in [5, 5.41) is 3.54. The molecular formula is C22H39IN4O2. The second-order valence-electron chi connectivity index (χ2n) is 7.24. The number of likely N-dealkylation sites (N-methyl/N-ethyl adjacent to an activating group) is 1. The van der Waals surface area contributed by atoms with E-state index in [1.807, 2.05) is 7.05 Å². The highest BCUT2D eigenvalue weighted by Crippen LogP contribution is 2.18. The van der Waals surface area contributed by atoms with Gasteiger partial charge in [-0.15, -0.1) is 24.0 Å². The first kappa shape index (κ1) is 26.0. The van der Waals surface area contributed by atoms with Crippen LogP contribution < -0.4 is 10.2 Å². The minimum absolute atomic E-state index is 0. The summed E-state index contributed by atoms with van der Waals surface area (Å²) in [7, 11) is 3.60. The van der Waals surface area contributed by atoms with Crippen LogP contribution in [0.4, 0.5) is 5.69 Å². The van der Waals surface area contributed by atoms with Crippen molar-refractivity contribution >= 4 is 35.6 Å². The Hall–Kier alpha value is -1.06. The Morgan fingerprint density at radius 3 is 2.59 bits per heavy atom. The van der Waals surface area contributed by atoms with Gasteiger partial charge in [-0.25, -0.2) is 0 Å². The standard InChI is InChI=1S/C22H38N4O2.HI/c1-5-25(21-10-7-6-9-19(21)2)16-13-24-22(23-3)26-14-11-20(12-15-26)28-18-8-17-27-4;/h6-7,9-10,20H,5,8,11-18H2,1-4H3,(H,23,24);1H. The van der Waals surface area contributed by atoms with Crippen molar-refractivity contribution in [1.29, 1.82) is 0 Å². The molecule has 1 saturated heterocycles. The van der Waals surface area contributed by atoms with Crippen molar-refractivity contribution in [2.75, 3.05) is 65.0 Å². The smallest absolute Gasteiger partial charge is 0.193 e. The number of hydrogen-bond acceptors (Lipinski definition) is 4. The molecule has 0 spiro atoms. The van der Waals surface area contributed by atoms with Crippen LogP contribution in [-0.4, -0.2) is 77.1 Å². The van der Waals surface area contributed by atoms with Crippen molar-refractivity contribution in [3.05, 3.63) is 29.8 Å². The number of guanidine groups is 1. The van der Waals surface area contributed by atoms with Crippen LogP contribution in [0, 0.1) is 6.92 Å². The molecule has 1 aromatic carbocycles. The topological polar surface area (TPSA) is 49.3 Å². The molecule has 0 amide bonds. The van der Waals surface area contributed by atoms with E-state index in [4.69, 9.17) is 9.47 Å². The number of rotatable bonds is 10. The van der Waals surface area contributed by atoms with E-state index >= 15 is 0 Å². The molecule has 6 nitrogen and oxygen atoms in total. The van der Waals surface area contributed by atoms with E-state index < -0.39 is 0 Å². The molecule has 1 aromatic rings. The molecule has 0 unspecified atom stereocenters. The normalized spacial score (nSPS) is 15.2. The molecule has 0 atom stereocenters. The van der Waals surface area contributed by atoms with E-state index in [0.29, 0.717) is 6.10 Å². The van der Waals surface area contributed by atoms with Crippen LogP contribution in [0.25, 0.3) is 0 Å². The lowest BCUT2D eigenvalue weighted by molar-refractivity contribution is 0.00992. The zero-order chi connectivity index (χ0) is 20.2. The van der Waals surface area contributed by atoms with Crippen molar-refractivity contribution in [2.45, 2.75) is 39.2 Å². The summed E-state index contributed by atoms with van der Waals surface area (Å²) in [4.78, 5) is 9.25. The summed E-state index contributed by atoms with van der Waals surface area (Å²) < 4.78 is 11.0. The number of aryl methyl sites for hydroxylation is 1. The van der Waals surface area contributed by atoms with Gasteiger partial charge in [0.25, 0.3) is 0 Å². The Bertz CT molecular complexity index is 592. The minimum atomic E-state index is 0. The third kappa shape index (κ3) is 8.68. The number of nitrogens with zero attached hydrogens (tertiary/aromatic N) is 3. The van der Waals surface area contributed by atoms with Crippen LogP contribution in [0.1, 0.15) is 31.7 Å². The van der Waals surface area contributed by atoms with Gasteiger partial charge in [-0.1, -0.05) is 18.2 Å². The number of ether oxygens (including phenoxy) is 2. The number of aliphatic imine (C=N–C) groups is 1. The molecule has 166 valence electrons. The predicted octanol–water partition coefficient (Wildman–Crippen LogP) is 3.53. The van der Waals surface area contributed by atoms with E-state index in [2.05, 4.69) is 58.2 Å². The zero-order valence-electron chi connectivity index (χ0n) is 18.5. The molecule has 1 N–H and O–H groups in total. The number of nitrogens with one attached hydrogen (secondary N) is 1. The van der Waals surface area contributed by atoms with Gasteiger partial charge in [-0.3, -0.25) is 4.99 Å². The molecule has 0 saturated carbocycles. The molecule has 1 aliphatic heterocycles. The van der Waals surface area contributed by atoms with Gasteiger partial charge in [-0.05, 0) is 44.7 Å². The lowest BCUT2D eigenvalue weighted by Crippen LogP contribution is -2.48. The number of anilines is 1. The third-order valence-electron chi connectivity index (χ3n) is 5.30. The van der Waals surface area contributed by atoms with Crippen LogP contribution in [0.2, 0.25) is 0 Å². The molecule has 0 bridgehead atoms. The number of halogens is 1. The first-order valence-electron chi connectivity index (χ1n) is 10.6. The summed E-state index contributed by atoms with van der Waals surface area (Å²) in [5.41, 5.74) is 2.63. The first-order chi connectivity index (χ1) is 13.7. The molecule has 1 aliphatic rings. The van der Waals surface area contributed by atoms with Crippen LogP contribution in [0.15, 0.2) is 29.3 Å².